The fourth-order valence-electron chi connectivity index (χ4n) is 2.98. The summed E-state index contributed by atoms with van der Waals surface area (Å²) in [4.78, 5) is 37.9. The second kappa shape index (κ2) is 10.5. The van der Waals surface area contributed by atoms with E-state index in [1.54, 1.807) is 13.8 Å². The molecule has 2 rings (SSSR count). The average molecular weight is 404 g/mol. The summed E-state index contributed by atoms with van der Waals surface area (Å²) in [6.07, 6.45) is -0.250. The number of ketones is 1. The number of rotatable bonds is 9. The third-order valence-corrected chi connectivity index (χ3v) is 4.35. The van der Waals surface area contributed by atoms with Crippen LogP contribution in [0.1, 0.15) is 42.1 Å². The predicted octanol–water partition coefficient (Wildman–Crippen LogP) is 4.06. The lowest BCUT2D eigenvalue weighted by Crippen LogP contribution is -2.34. The van der Waals surface area contributed by atoms with Gasteiger partial charge >= 0.3 is 11.9 Å². The van der Waals surface area contributed by atoms with E-state index in [0.717, 1.165) is 12.1 Å². The van der Waals surface area contributed by atoms with Gasteiger partial charge in [0, 0.05) is 17.9 Å². The van der Waals surface area contributed by atoms with E-state index in [1.165, 1.54) is 36.4 Å². The quantitative estimate of drug-likeness (QED) is 0.358. The smallest absolute Gasteiger partial charge is 0.320 e. The van der Waals surface area contributed by atoms with E-state index >= 15 is 0 Å². The maximum absolute atomic E-state index is 13.4. The molecule has 0 saturated carbocycles. The largest absolute Gasteiger partial charge is 0.465 e. The van der Waals surface area contributed by atoms with Crippen molar-refractivity contribution in [3.63, 3.8) is 0 Å². The summed E-state index contributed by atoms with van der Waals surface area (Å²) in [5.41, 5.74) is 0.637. The third-order valence-electron chi connectivity index (χ3n) is 4.35. The molecule has 0 aliphatic heterocycles. The Kier molecular flexibility index (Phi) is 8.00. The molecule has 2 aromatic carbocycles. The normalized spacial score (nSPS) is 11.8. The van der Waals surface area contributed by atoms with Gasteiger partial charge in [-0.1, -0.05) is 12.1 Å². The van der Waals surface area contributed by atoms with Crippen molar-refractivity contribution < 1.29 is 32.6 Å². The van der Waals surface area contributed by atoms with Gasteiger partial charge in [-0.25, -0.2) is 8.78 Å². The highest BCUT2D eigenvalue weighted by molar-refractivity contribution is 6.00. The van der Waals surface area contributed by atoms with Crippen molar-refractivity contribution in [3.05, 3.63) is 71.3 Å². The Morgan fingerprint density at radius 1 is 0.793 bits per heavy atom. The Balaban J connectivity index is 2.44. The van der Waals surface area contributed by atoms with E-state index in [2.05, 4.69) is 0 Å². The van der Waals surface area contributed by atoms with E-state index in [1.807, 2.05) is 0 Å². The van der Waals surface area contributed by atoms with Gasteiger partial charge < -0.3 is 9.47 Å². The molecule has 0 amide bonds. The third kappa shape index (κ3) is 5.94. The lowest BCUT2D eigenvalue weighted by molar-refractivity contribution is -0.162. The molecule has 7 heteroatoms. The van der Waals surface area contributed by atoms with Gasteiger partial charge in [-0.2, -0.15) is 0 Å². The van der Waals surface area contributed by atoms with Gasteiger partial charge in [-0.3, -0.25) is 14.4 Å². The van der Waals surface area contributed by atoms with Crippen molar-refractivity contribution in [3.8, 4) is 0 Å². The number of carbonyl (C=O) groups excluding carboxylic acids is 3. The summed E-state index contributed by atoms with van der Waals surface area (Å²) in [5.74, 6) is -5.39. The van der Waals surface area contributed by atoms with Crippen LogP contribution < -0.4 is 0 Å². The number of benzene rings is 2. The number of hydrogen-bond donors (Lipinski definition) is 0. The van der Waals surface area contributed by atoms with Crippen molar-refractivity contribution in [2.45, 2.75) is 26.2 Å². The number of Topliss-reactive ketones (excluding diaryl/α,β-unsaturated/α-hetero) is 1. The highest BCUT2D eigenvalue weighted by Gasteiger charge is 2.39. The van der Waals surface area contributed by atoms with Crippen molar-refractivity contribution in [1.29, 1.82) is 0 Å². The maximum atomic E-state index is 13.4. The molecule has 2 aromatic rings. The molecule has 1 atom stereocenters. The molecule has 0 aliphatic rings. The molecular formula is C22H22F2O5. The zero-order chi connectivity index (χ0) is 21.4. The van der Waals surface area contributed by atoms with Crippen LogP contribution in [-0.2, 0) is 19.1 Å². The summed E-state index contributed by atoms with van der Waals surface area (Å²) < 4.78 is 36.6. The molecule has 0 saturated heterocycles. The van der Waals surface area contributed by atoms with Gasteiger partial charge in [0.1, 0.15) is 11.6 Å². The second-order valence-corrected chi connectivity index (χ2v) is 6.27. The molecule has 0 aromatic heterocycles. The van der Waals surface area contributed by atoms with Crippen LogP contribution in [0.5, 0.6) is 0 Å². The van der Waals surface area contributed by atoms with E-state index in [-0.39, 0.29) is 25.2 Å². The minimum Gasteiger partial charge on any atom is -0.465 e. The lowest BCUT2D eigenvalue weighted by Gasteiger charge is -2.24. The van der Waals surface area contributed by atoms with Gasteiger partial charge in [-0.15, -0.1) is 0 Å². The standard InChI is InChI=1S/C22H22F2O5/c1-3-28-21(26)20(22(27)29-4-2)18(14-5-9-16(23)10-6-14)13-19(25)15-7-11-17(24)12-8-15/h5-12,18,20H,3-4,13H2,1-2H3/t18-/m0/s1. The minimum absolute atomic E-state index is 0.0385. The predicted molar refractivity (Wildman–Crippen MR) is 101 cm³/mol. The highest BCUT2D eigenvalue weighted by atomic mass is 19.1. The summed E-state index contributed by atoms with van der Waals surface area (Å²) in [5, 5.41) is 0. The molecule has 0 unspecified atom stereocenters. The van der Waals surface area contributed by atoms with Crippen molar-refractivity contribution in [2.24, 2.45) is 5.92 Å². The van der Waals surface area contributed by atoms with Gasteiger partial charge in [0.2, 0.25) is 0 Å². The number of carbonyl (C=O) groups is 3. The van der Waals surface area contributed by atoms with Gasteiger partial charge in [0.15, 0.2) is 11.7 Å². The van der Waals surface area contributed by atoms with Gasteiger partial charge in [-0.05, 0) is 55.8 Å². The minimum atomic E-state index is -1.40. The van der Waals surface area contributed by atoms with Gasteiger partial charge in [0.25, 0.3) is 0 Å². The van der Waals surface area contributed by atoms with Crippen LogP contribution in [0.15, 0.2) is 48.5 Å². The Morgan fingerprint density at radius 2 is 1.24 bits per heavy atom. The van der Waals surface area contributed by atoms with Crippen LogP contribution in [0, 0.1) is 17.6 Å². The Labute approximate surface area is 167 Å². The number of ether oxygens (including phenoxy) is 2. The molecule has 29 heavy (non-hydrogen) atoms. The molecule has 0 aliphatic carbocycles. The summed E-state index contributed by atoms with van der Waals surface area (Å²) in [6.45, 7) is 3.26. The van der Waals surface area contributed by atoms with Crippen LogP contribution in [-0.4, -0.2) is 30.9 Å². The zero-order valence-corrected chi connectivity index (χ0v) is 16.2. The molecule has 0 fully saturated rings. The van der Waals surface area contributed by atoms with E-state index in [0.29, 0.717) is 5.56 Å². The number of halogens is 2. The fraction of sp³-hybridized carbons (Fsp3) is 0.318. The molecular weight excluding hydrogens is 382 g/mol. The van der Waals surface area contributed by atoms with Gasteiger partial charge in [0.05, 0.1) is 13.2 Å². The number of esters is 2. The monoisotopic (exact) mass is 404 g/mol. The van der Waals surface area contributed by atoms with Crippen LogP contribution in [0.25, 0.3) is 0 Å². The van der Waals surface area contributed by atoms with E-state index < -0.39 is 41.2 Å². The average Bonchev–Trinajstić information content (AvgIpc) is 2.69. The van der Waals surface area contributed by atoms with Crippen molar-refractivity contribution >= 4 is 17.7 Å². The van der Waals surface area contributed by atoms with Crippen LogP contribution in [0.4, 0.5) is 8.78 Å². The molecule has 0 heterocycles. The number of hydrogen-bond acceptors (Lipinski definition) is 5. The Hall–Kier alpha value is -3.09. The van der Waals surface area contributed by atoms with Crippen molar-refractivity contribution in [2.75, 3.05) is 13.2 Å². The Bertz CT molecular complexity index is 829. The van der Waals surface area contributed by atoms with Crippen LogP contribution >= 0.6 is 0 Å². The van der Waals surface area contributed by atoms with Crippen LogP contribution in [0.3, 0.4) is 0 Å². The van der Waals surface area contributed by atoms with E-state index in [9.17, 15) is 23.2 Å². The van der Waals surface area contributed by atoms with Crippen LogP contribution in [0.2, 0.25) is 0 Å². The first-order chi connectivity index (χ1) is 13.9. The SMILES string of the molecule is CCOC(=O)C(C(=O)OCC)[C@@H](CC(=O)c1ccc(F)cc1)c1ccc(F)cc1. The summed E-state index contributed by atoms with van der Waals surface area (Å²) >= 11 is 0. The summed E-state index contributed by atoms with van der Waals surface area (Å²) in [7, 11) is 0. The first kappa shape index (κ1) is 22.2. The molecule has 0 radical (unpaired) electrons. The molecule has 5 nitrogen and oxygen atoms in total. The Morgan fingerprint density at radius 3 is 1.69 bits per heavy atom. The second-order valence-electron chi connectivity index (χ2n) is 6.27. The van der Waals surface area contributed by atoms with E-state index in [4.69, 9.17) is 9.47 Å². The zero-order valence-electron chi connectivity index (χ0n) is 16.2. The molecule has 0 bridgehead atoms. The van der Waals surface area contributed by atoms with Crippen molar-refractivity contribution in [1.82, 2.24) is 0 Å². The highest BCUT2D eigenvalue weighted by Crippen LogP contribution is 2.32. The lowest BCUT2D eigenvalue weighted by atomic mass is 9.81. The first-order valence-corrected chi connectivity index (χ1v) is 9.24. The first-order valence-electron chi connectivity index (χ1n) is 9.24. The molecule has 0 spiro atoms. The topological polar surface area (TPSA) is 69.7 Å². The fourth-order valence-corrected chi connectivity index (χ4v) is 2.98. The molecule has 0 N–H and O–H groups in total. The maximum Gasteiger partial charge on any atom is 0.320 e. The summed E-state index contributed by atoms with van der Waals surface area (Å²) in [6, 6.07) is 10.1. The molecule has 154 valence electrons.